The van der Waals surface area contributed by atoms with Crippen molar-refractivity contribution in [3.05, 3.63) is 51.1 Å². The predicted molar refractivity (Wildman–Crippen MR) is 147 cm³/mol. The Kier molecular flexibility index (Phi) is 25.1. The largest absolute Gasteiger partial charge is 1.00 e. The Bertz CT molecular complexity index is 720. The van der Waals surface area contributed by atoms with Gasteiger partial charge in [-0.25, -0.2) is 0 Å². The molecule has 1 aliphatic carbocycles. The Labute approximate surface area is 256 Å². The molecule has 1 aromatic rings. The fourth-order valence-electron chi connectivity index (χ4n) is 5.71. The van der Waals surface area contributed by atoms with Crippen LogP contribution in [0.4, 0.5) is 0 Å². The van der Waals surface area contributed by atoms with E-state index in [9.17, 15) is 0 Å². The Hall–Kier alpha value is 0.501. The molecule has 1 aliphatic rings. The van der Waals surface area contributed by atoms with Gasteiger partial charge >= 0.3 is 162 Å². The summed E-state index contributed by atoms with van der Waals surface area (Å²) in [6.45, 7) is 7.29. The molecule has 2 rings (SSSR count). The zero-order valence-corrected chi connectivity index (χ0v) is 28.2. The zero-order chi connectivity index (χ0) is 23.8. The van der Waals surface area contributed by atoms with Crippen molar-refractivity contribution < 1.29 is 57.7 Å². The molecule has 0 aliphatic heterocycles. The van der Waals surface area contributed by atoms with Gasteiger partial charge < -0.3 is 37.2 Å². The molecule has 204 valence electrons. The second-order valence-electron chi connectivity index (χ2n) is 10.7. The fraction of sp³-hybridized carbons (Fsp3) is 0.677. The molecule has 0 aromatic heterocycles. The Morgan fingerprint density at radius 2 is 1.08 bits per heavy atom. The molecule has 0 bridgehead atoms. The van der Waals surface area contributed by atoms with Gasteiger partial charge in [0.25, 0.3) is 0 Å². The molecule has 0 spiro atoms. The van der Waals surface area contributed by atoms with Gasteiger partial charge in [-0.05, 0) is 0 Å². The summed E-state index contributed by atoms with van der Waals surface area (Å²) in [6.07, 6.45) is 26.8. The van der Waals surface area contributed by atoms with Crippen molar-refractivity contribution in [3.8, 4) is 0 Å². The molecule has 1 aromatic carbocycles. The average molecular weight is 606 g/mol. The van der Waals surface area contributed by atoms with Crippen molar-refractivity contribution in [2.24, 2.45) is 0 Å². The van der Waals surface area contributed by atoms with Crippen LogP contribution in [0.15, 0.2) is 51.1 Å². The van der Waals surface area contributed by atoms with Crippen molar-refractivity contribution in [2.75, 3.05) is 0 Å². The third kappa shape index (κ3) is 14.0. The number of benzene rings is 1. The first-order valence-electron chi connectivity index (χ1n) is 14.3. The minimum atomic E-state index is -1.61. The summed E-state index contributed by atoms with van der Waals surface area (Å²) in [7, 11) is -1.61. The van der Waals surface area contributed by atoms with E-state index in [0.29, 0.717) is 0 Å². The molecule has 0 saturated heterocycles. The number of allylic oxidation sites excluding steroid dienone is 4. The maximum Gasteiger partial charge on any atom is -1.00 e. The number of unbranched alkanes of at least 4 members (excludes halogenated alkanes) is 15. The van der Waals surface area contributed by atoms with Gasteiger partial charge in [0.2, 0.25) is 0 Å². The molecule has 1 atom stereocenters. The van der Waals surface area contributed by atoms with Crippen LogP contribution in [0.3, 0.4) is 0 Å². The normalized spacial score (nSPS) is 14.4. The molecule has 0 nitrogen and oxygen atoms in total. The summed E-state index contributed by atoms with van der Waals surface area (Å²) in [6, 6.07) is 12.9. The summed E-state index contributed by atoms with van der Waals surface area (Å²) in [5, 5.41) is 3.39. The molecule has 0 amide bonds. The number of halogens is 3. The van der Waals surface area contributed by atoms with Crippen LogP contribution in [0.2, 0.25) is 12.6 Å². The van der Waals surface area contributed by atoms with Gasteiger partial charge in [-0.15, -0.1) is 0 Å². The standard InChI is InChI=1S/C31H51Si.3ClH.Ti/c1-4-5-6-7-8-9-10-11-12-13-14-15-16-17-18-22-28-32(3,30-25-20-19-21-26-30)31-27-23-24-29(31)2;;;;/h19-21,24-26H,4-18,22-23,28H2,1-3H3;3*1H;/q;;;;+3/p-3. The van der Waals surface area contributed by atoms with Crippen molar-refractivity contribution in [1.29, 1.82) is 0 Å². The van der Waals surface area contributed by atoms with E-state index in [1.165, 1.54) is 115 Å². The van der Waals surface area contributed by atoms with Gasteiger partial charge in [-0.3, -0.25) is 0 Å². The number of hydrogen-bond donors (Lipinski definition) is 0. The second-order valence-corrected chi connectivity index (χ2v) is 15.9. The van der Waals surface area contributed by atoms with E-state index in [1.54, 1.807) is 19.8 Å². The summed E-state index contributed by atoms with van der Waals surface area (Å²) in [5.41, 5.74) is 1.57. The molecule has 0 fully saturated rings. The molecule has 0 radical (unpaired) electrons. The Balaban J connectivity index is 0. The third-order valence-electron chi connectivity index (χ3n) is 7.80. The van der Waals surface area contributed by atoms with Crippen LogP contribution in [0.25, 0.3) is 0 Å². The van der Waals surface area contributed by atoms with E-state index in [2.05, 4.69) is 77.2 Å². The van der Waals surface area contributed by atoms with E-state index in [-0.39, 0.29) is 37.2 Å². The fourth-order valence-corrected chi connectivity index (χ4v) is 11.9. The minimum Gasteiger partial charge on any atom is -1.00 e. The number of hydrogen-bond acceptors (Lipinski definition) is 0. The van der Waals surface area contributed by atoms with Crippen LogP contribution < -0.4 is 42.4 Å². The Morgan fingerprint density at radius 1 is 0.667 bits per heavy atom. The van der Waals surface area contributed by atoms with Crippen molar-refractivity contribution in [1.82, 2.24) is 0 Å². The second kappa shape index (κ2) is 23.4. The van der Waals surface area contributed by atoms with Crippen LogP contribution in [-0.4, -0.2) is 8.07 Å². The van der Waals surface area contributed by atoms with Gasteiger partial charge in [0.05, 0.1) is 0 Å². The van der Waals surface area contributed by atoms with Crippen LogP contribution in [0.5, 0.6) is 0 Å². The smallest absolute Gasteiger partial charge is 1.00 e. The number of rotatable bonds is 19. The van der Waals surface area contributed by atoms with Crippen molar-refractivity contribution >= 4 is 13.3 Å². The van der Waals surface area contributed by atoms with E-state index in [1.807, 2.05) is 0 Å². The minimum absolute atomic E-state index is 0. The summed E-state index contributed by atoms with van der Waals surface area (Å²) >= 11 is 2.38. The van der Waals surface area contributed by atoms with E-state index in [0.717, 1.165) is 0 Å². The first-order chi connectivity index (χ1) is 16.1. The van der Waals surface area contributed by atoms with E-state index >= 15 is 0 Å². The van der Waals surface area contributed by atoms with Gasteiger partial charge in [0, 0.05) is 0 Å². The molecule has 0 saturated carbocycles. The van der Waals surface area contributed by atoms with Crippen LogP contribution in [0, 0.1) is 0 Å². The average Bonchev–Trinajstić information content (AvgIpc) is 3.17. The molecule has 0 N–H and O–H groups in total. The Morgan fingerprint density at radius 3 is 1.47 bits per heavy atom. The zero-order valence-electron chi connectivity index (χ0n) is 23.3. The first kappa shape index (κ1) is 38.6. The molecule has 36 heavy (non-hydrogen) atoms. The quantitative estimate of drug-likeness (QED) is 0.163. The first-order valence-corrected chi connectivity index (χ1v) is 17.8. The molecule has 0 heterocycles. The van der Waals surface area contributed by atoms with Gasteiger partial charge in [-0.2, -0.15) is 0 Å². The van der Waals surface area contributed by atoms with Gasteiger partial charge in [0.15, 0.2) is 0 Å². The van der Waals surface area contributed by atoms with Crippen molar-refractivity contribution in [3.63, 3.8) is 0 Å². The molecule has 5 heteroatoms. The van der Waals surface area contributed by atoms with E-state index < -0.39 is 8.07 Å². The van der Waals surface area contributed by atoms with E-state index in [4.69, 9.17) is 0 Å². The van der Waals surface area contributed by atoms with Crippen LogP contribution in [0.1, 0.15) is 123 Å². The topological polar surface area (TPSA) is 0 Å². The third-order valence-corrected chi connectivity index (χ3v) is 13.7. The molecule has 1 unspecified atom stereocenters. The van der Waals surface area contributed by atoms with Crippen LogP contribution in [-0.2, 0) is 20.4 Å². The maximum absolute atomic E-state index is 2.63. The SMILES string of the molecule is CCCCCCCCCCCCCCCCCC[Si](C)(C1=[C]([Ti+3])CC=C1C)c1ccccc1.[Cl-].[Cl-].[Cl-]. The van der Waals surface area contributed by atoms with Gasteiger partial charge in [-0.1, -0.05) is 58.3 Å². The molecular weight excluding hydrogens is 555 g/mol. The predicted octanol–water partition coefficient (Wildman–Crippen LogP) is 0.936. The van der Waals surface area contributed by atoms with Crippen LogP contribution >= 0.6 is 0 Å². The summed E-state index contributed by atoms with van der Waals surface area (Å²) in [5.74, 6) is 0. The van der Waals surface area contributed by atoms with Gasteiger partial charge in [0.1, 0.15) is 0 Å². The summed E-state index contributed by atoms with van der Waals surface area (Å²) in [4.78, 5) is 0. The maximum atomic E-state index is 2.63. The monoisotopic (exact) mass is 604 g/mol. The van der Waals surface area contributed by atoms with Crippen molar-refractivity contribution in [2.45, 2.75) is 136 Å². The summed E-state index contributed by atoms with van der Waals surface area (Å²) < 4.78 is 1.64. The molecular formula is C31H51Cl3SiTi.